The van der Waals surface area contributed by atoms with E-state index in [1.54, 1.807) is 31.5 Å². The number of carbonyl (C=O) groups is 2. The molecular weight excluding hydrogens is 551 g/mol. The molecule has 0 bridgehead atoms. The summed E-state index contributed by atoms with van der Waals surface area (Å²) < 4.78 is 74.1. The molecule has 0 radical (unpaired) electrons. The Hall–Kier alpha value is -3.74. The van der Waals surface area contributed by atoms with Crippen LogP contribution in [0.3, 0.4) is 0 Å². The SMILES string of the molecule is CCc1cc2c(nc1-c1ccc(C(F)(F)F)cc1F)c(OC(C)C)c(C(=O)NC1CCN(C(=O)COF)CC1)n2C. The molecule has 3 heterocycles. The molecule has 3 aromatic rings. The maximum absolute atomic E-state index is 15.0. The predicted octanol–water partition coefficient (Wildman–Crippen LogP) is 5.37. The van der Waals surface area contributed by atoms with Crippen molar-refractivity contribution in [3.63, 3.8) is 0 Å². The number of aromatic nitrogens is 2. The normalized spacial score (nSPS) is 14.6. The molecule has 1 saturated heterocycles. The maximum atomic E-state index is 15.0. The first-order chi connectivity index (χ1) is 19.3. The van der Waals surface area contributed by atoms with Gasteiger partial charge in [0, 0.05) is 31.7 Å². The number of hydrogen-bond donors (Lipinski definition) is 1. The van der Waals surface area contributed by atoms with E-state index in [1.807, 2.05) is 6.92 Å². The summed E-state index contributed by atoms with van der Waals surface area (Å²) >= 11 is 0. The van der Waals surface area contributed by atoms with Crippen LogP contribution in [0.4, 0.5) is 22.1 Å². The minimum atomic E-state index is -4.70. The second kappa shape index (κ2) is 12.0. The lowest BCUT2D eigenvalue weighted by Crippen LogP contribution is -2.47. The molecule has 1 fully saturated rings. The van der Waals surface area contributed by atoms with E-state index in [0.29, 0.717) is 49.5 Å². The molecule has 13 heteroatoms. The summed E-state index contributed by atoms with van der Waals surface area (Å²) in [6.07, 6.45) is -3.76. The zero-order chi connectivity index (χ0) is 30.1. The highest BCUT2D eigenvalue weighted by molar-refractivity contribution is 6.03. The van der Waals surface area contributed by atoms with Crippen LogP contribution in [0.25, 0.3) is 22.3 Å². The van der Waals surface area contributed by atoms with Gasteiger partial charge in [-0.15, -0.1) is 0 Å². The zero-order valence-electron chi connectivity index (χ0n) is 23.1. The van der Waals surface area contributed by atoms with Crippen molar-refractivity contribution in [2.24, 2.45) is 7.05 Å². The Morgan fingerprint density at radius 2 is 1.85 bits per heavy atom. The van der Waals surface area contributed by atoms with Crippen molar-refractivity contribution in [1.29, 1.82) is 0 Å². The minimum Gasteiger partial charge on any atom is -0.486 e. The summed E-state index contributed by atoms with van der Waals surface area (Å²) in [6, 6.07) is 3.78. The molecule has 0 spiro atoms. The summed E-state index contributed by atoms with van der Waals surface area (Å²) in [4.78, 5) is 35.0. The van der Waals surface area contributed by atoms with Crippen molar-refractivity contribution >= 4 is 22.8 Å². The highest BCUT2D eigenvalue weighted by Crippen LogP contribution is 2.38. The van der Waals surface area contributed by atoms with Gasteiger partial charge in [-0.2, -0.15) is 18.1 Å². The number of carbonyl (C=O) groups excluding carboxylic acids is 2. The molecule has 2 aromatic heterocycles. The van der Waals surface area contributed by atoms with E-state index < -0.39 is 36.0 Å². The van der Waals surface area contributed by atoms with Crippen molar-refractivity contribution in [2.45, 2.75) is 58.4 Å². The number of aryl methyl sites for hydroxylation is 2. The monoisotopic (exact) mass is 582 g/mol. The fourth-order valence-corrected chi connectivity index (χ4v) is 5.00. The smallest absolute Gasteiger partial charge is 0.416 e. The molecular formula is C28H31F5N4O4. The molecule has 41 heavy (non-hydrogen) atoms. The van der Waals surface area contributed by atoms with Gasteiger partial charge in [0.05, 0.1) is 22.9 Å². The lowest BCUT2D eigenvalue weighted by molar-refractivity contribution is -0.165. The topological polar surface area (TPSA) is 85.7 Å². The number of nitrogens with zero attached hydrogens (tertiary/aromatic N) is 3. The number of likely N-dealkylation sites (tertiary alicyclic amines) is 1. The fraction of sp³-hybridized carbons (Fsp3) is 0.464. The molecule has 1 aliphatic heterocycles. The third-order valence-corrected chi connectivity index (χ3v) is 7.07. The van der Waals surface area contributed by atoms with Gasteiger partial charge in [-0.1, -0.05) is 6.92 Å². The van der Waals surface area contributed by atoms with Gasteiger partial charge in [0.2, 0.25) is 0 Å². The lowest BCUT2D eigenvalue weighted by atomic mass is 10.0. The maximum Gasteiger partial charge on any atom is 0.416 e. The first-order valence-electron chi connectivity index (χ1n) is 13.2. The van der Waals surface area contributed by atoms with Crippen LogP contribution in [0.5, 0.6) is 5.75 Å². The van der Waals surface area contributed by atoms with E-state index in [2.05, 4.69) is 15.2 Å². The van der Waals surface area contributed by atoms with E-state index in [1.165, 1.54) is 4.90 Å². The number of halogens is 5. The van der Waals surface area contributed by atoms with Crippen LogP contribution >= 0.6 is 0 Å². The van der Waals surface area contributed by atoms with Gasteiger partial charge < -0.3 is 19.5 Å². The summed E-state index contributed by atoms with van der Waals surface area (Å²) in [5, 5.41) is 2.97. The Labute approximate surface area is 233 Å². The van der Waals surface area contributed by atoms with Crippen molar-refractivity contribution in [3.05, 3.63) is 46.9 Å². The molecule has 0 saturated carbocycles. The molecule has 4 rings (SSSR count). The van der Waals surface area contributed by atoms with E-state index in [0.717, 1.165) is 12.1 Å². The highest BCUT2D eigenvalue weighted by Gasteiger charge is 2.33. The third kappa shape index (κ3) is 6.29. The lowest BCUT2D eigenvalue weighted by Gasteiger charge is -2.32. The highest BCUT2D eigenvalue weighted by atomic mass is 19.4. The van der Waals surface area contributed by atoms with Gasteiger partial charge in [0.1, 0.15) is 11.3 Å². The summed E-state index contributed by atoms with van der Waals surface area (Å²) in [5.41, 5.74) is 0.515. The molecule has 0 aliphatic carbocycles. The Bertz CT molecular complexity index is 1450. The van der Waals surface area contributed by atoms with Crippen molar-refractivity contribution in [1.82, 2.24) is 19.8 Å². The Kier molecular flexibility index (Phi) is 8.86. The molecule has 8 nitrogen and oxygen atoms in total. The van der Waals surface area contributed by atoms with Gasteiger partial charge in [0.25, 0.3) is 11.8 Å². The Morgan fingerprint density at radius 1 is 1.17 bits per heavy atom. The summed E-state index contributed by atoms with van der Waals surface area (Å²) in [5.74, 6) is -1.82. The van der Waals surface area contributed by atoms with Crippen molar-refractivity contribution in [3.8, 4) is 17.0 Å². The molecule has 1 N–H and O–H groups in total. The Morgan fingerprint density at radius 3 is 2.41 bits per heavy atom. The number of rotatable bonds is 8. The van der Waals surface area contributed by atoms with Crippen molar-refractivity contribution in [2.75, 3.05) is 19.7 Å². The summed E-state index contributed by atoms with van der Waals surface area (Å²) in [7, 11) is 1.67. The van der Waals surface area contributed by atoms with Crippen molar-refractivity contribution < 1.29 is 41.4 Å². The van der Waals surface area contributed by atoms with E-state index in [9.17, 15) is 31.7 Å². The number of hydrogen-bond acceptors (Lipinski definition) is 5. The Balaban J connectivity index is 1.72. The predicted molar refractivity (Wildman–Crippen MR) is 140 cm³/mol. The third-order valence-electron chi connectivity index (χ3n) is 7.07. The second-order valence-electron chi connectivity index (χ2n) is 10.2. The van der Waals surface area contributed by atoms with Gasteiger partial charge >= 0.3 is 6.18 Å². The van der Waals surface area contributed by atoms with Gasteiger partial charge in [-0.25, -0.2) is 9.37 Å². The number of pyridine rings is 1. The number of nitrogens with one attached hydrogen (secondary N) is 1. The number of amides is 2. The average molecular weight is 583 g/mol. The van der Waals surface area contributed by atoms with Crippen LogP contribution in [-0.2, 0) is 29.4 Å². The number of ether oxygens (including phenoxy) is 1. The van der Waals surface area contributed by atoms with Gasteiger partial charge in [-0.3, -0.25) is 9.59 Å². The summed E-state index contributed by atoms with van der Waals surface area (Å²) in [6.45, 7) is 5.33. The van der Waals surface area contributed by atoms with E-state index in [-0.39, 0.29) is 40.4 Å². The number of fused-ring (bicyclic) bond motifs is 1. The van der Waals surface area contributed by atoms with Crippen LogP contribution in [0.1, 0.15) is 55.2 Å². The van der Waals surface area contributed by atoms with Crippen LogP contribution in [0, 0.1) is 5.82 Å². The van der Waals surface area contributed by atoms with Crippen LogP contribution in [0.2, 0.25) is 0 Å². The van der Waals surface area contributed by atoms with Gasteiger partial charge in [0.15, 0.2) is 18.1 Å². The van der Waals surface area contributed by atoms with Crippen LogP contribution < -0.4 is 10.1 Å². The second-order valence-corrected chi connectivity index (χ2v) is 10.2. The molecule has 1 aliphatic rings. The molecule has 1 aromatic carbocycles. The standard InChI is InChI=1S/C28H31F5N4O4/c1-5-16-12-21-24(35-23(16)19-7-6-17(13-20(19)29)28(30,31)32)26(41-15(2)3)25(36(21)4)27(39)34-18-8-10-37(11-9-18)22(38)14-40-33/h6-7,12-13,15,18H,5,8-11,14H2,1-4H3,(H,34,39). The van der Waals surface area contributed by atoms with E-state index >= 15 is 0 Å². The first kappa shape index (κ1) is 30.2. The fourth-order valence-electron chi connectivity index (χ4n) is 5.00. The quantitative estimate of drug-likeness (QED) is 0.361. The van der Waals surface area contributed by atoms with Gasteiger partial charge in [-0.05, 0) is 67.5 Å². The van der Waals surface area contributed by atoms with Crippen LogP contribution in [-0.4, -0.2) is 58.1 Å². The molecule has 0 unspecified atom stereocenters. The molecule has 222 valence electrons. The van der Waals surface area contributed by atoms with Crippen LogP contribution in [0.15, 0.2) is 24.3 Å². The number of benzene rings is 1. The molecule has 2 amide bonds. The molecule has 0 atom stereocenters. The zero-order valence-corrected chi connectivity index (χ0v) is 23.1. The average Bonchev–Trinajstić information content (AvgIpc) is 3.17. The van der Waals surface area contributed by atoms with E-state index in [4.69, 9.17) is 4.74 Å². The first-order valence-corrected chi connectivity index (χ1v) is 13.2. The largest absolute Gasteiger partial charge is 0.486 e. The number of piperidine rings is 1. The number of alkyl halides is 3. The minimum absolute atomic E-state index is 0.0958.